The van der Waals surface area contributed by atoms with E-state index in [0.29, 0.717) is 57.9 Å². The molecule has 0 bridgehead atoms. The predicted molar refractivity (Wildman–Crippen MR) is 134 cm³/mol. The number of hydrogen-bond acceptors (Lipinski definition) is 9. The molecule has 1 fully saturated rings. The molecule has 0 N–H and O–H groups in total. The average molecular weight is 487 g/mol. The Morgan fingerprint density at radius 1 is 1.00 bits per heavy atom. The number of rotatable bonds is 9. The van der Waals surface area contributed by atoms with E-state index in [9.17, 15) is 10.5 Å². The molecule has 0 spiro atoms. The van der Waals surface area contributed by atoms with Gasteiger partial charge in [-0.3, -0.25) is 9.97 Å². The minimum atomic E-state index is 0.357. The van der Waals surface area contributed by atoms with Gasteiger partial charge in [-0.2, -0.15) is 10.5 Å². The van der Waals surface area contributed by atoms with Crippen molar-refractivity contribution in [1.29, 1.82) is 10.5 Å². The van der Waals surface area contributed by atoms with Crippen LogP contribution in [0, 0.1) is 29.6 Å². The van der Waals surface area contributed by atoms with E-state index < -0.39 is 0 Å². The second-order valence-corrected chi connectivity index (χ2v) is 9.06. The van der Waals surface area contributed by atoms with E-state index in [-0.39, 0.29) is 0 Å². The SMILES string of the molecule is COCCOc1ccc(-c2c(C#N)c(SCc3ccc(C)nc3)nc(N3CCCC3)c2C#N)nc1. The van der Waals surface area contributed by atoms with Crippen LogP contribution >= 0.6 is 11.8 Å². The maximum absolute atomic E-state index is 10.2. The third-order valence-corrected chi connectivity index (χ3v) is 6.72. The Kier molecular flexibility index (Phi) is 8.15. The van der Waals surface area contributed by atoms with Gasteiger partial charge < -0.3 is 14.4 Å². The van der Waals surface area contributed by atoms with Crippen LogP contribution in [-0.2, 0) is 10.5 Å². The van der Waals surface area contributed by atoms with Crippen LogP contribution in [0.15, 0.2) is 41.7 Å². The number of ether oxygens (including phenoxy) is 2. The quantitative estimate of drug-likeness (QED) is 0.319. The Morgan fingerprint density at radius 2 is 1.80 bits per heavy atom. The summed E-state index contributed by atoms with van der Waals surface area (Å²) in [7, 11) is 1.61. The lowest BCUT2D eigenvalue weighted by Crippen LogP contribution is -2.21. The van der Waals surface area contributed by atoms with Crippen molar-refractivity contribution < 1.29 is 9.47 Å². The zero-order chi connectivity index (χ0) is 24.6. The lowest BCUT2D eigenvalue weighted by atomic mass is 10.0. The van der Waals surface area contributed by atoms with Crippen molar-refractivity contribution in [2.24, 2.45) is 0 Å². The molecule has 4 heterocycles. The zero-order valence-electron chi connectivity index (χ0n) is 19.8. The molecule has 0 atom stereocenters. The molecule has 1 aliphatic heterocycles. The summed E-state index contributed by atoms with van der Waals surface area (Å²) in [6.45, 7) is 4.49. The molecule has 9 heteroatoms. The fourth-order valence-electron chi connectivity index (χ4n) is 3.87. The summed E-state index contributed by atoms with van der Waals surface area (Å²) in [4.78, 5) is 15.9. The van der Waals surface area contributed by atoms with Gasteiger partial charge in [-0.25, -0.2) is 4.98 Å². The summed E-state index contributed by atoms with van der Waals surface area (Å²) >= 11 is 1.47. The lowest BCUT2D eigenvalue weighted by Gasteiger charge is -2.21. The lowest BCUT2D eigenvalue weighted by molar-refractivity contribution is 0.146. The van der Waals surface area contributed by atoms with Crippen molar-refractivity contribution >= 4 is 17.6 Å². The topological polar surface area (TPSA) is 108 Å². The van der Waals surface area contributed by atoms with Crippen molar-refractivity contribution in [1.82, 2.24) is 15.0 Å². The van der Waals surface area contributed by atoms with Gasteiger partial charge in [-0.1, -0.05) is 6.07 Å². The number of thioether (sulfide) groups is 1. The molecular weight excluding hydrogens is 460 g/mol. The van der Waals surface area contributed by atoms with E-state index in [4.69, 9.17) is 14.5 Å². The van der Waals surface area contributed by atoms with E-state index in [1.807, 2.05) is 25.3 Å². The normalized spacial score (nSPS) is 12.9. The molecule has 3 aromatic heterocycles. The highest BCUT2D eigenvalue weighted by Crippen LogP contribution is 2.39. The second kappa shape index (κ2) is 11.7. The molecule has 0 aliphatic carbocycles. The second-order valence-electron chi connectivity index (χ2n) is 8.10. The fraction of sp³-hybridized carbons (Fsp3) is 0.346. The highest BCUT2D eigenvalue weighted by molar-refractivity contribution is 7.98. The van der Waals surface area contributed by atoms with Gasteiger partial charge in [-0.05, 0) is 43.5 Å². The first-order chi connectivity index (χ1) is 17.1. The summed E-state index contributed by atoms with van der Waals surface area (Å²) in [5, 5.41) is 20.9. The van der Waals surface area contributed by atoms with Gasteiger partial charge in [0.2, 0.25) is 0 Å². The summed E-state index contributed by atoms with van der Waals surface area (Å²) in [5.41, 5.74) is 3.78. The predicted octanol–water partition coefficient (Wildman–Crippen LogP) is 4.51. The summed E-state index contributed by atoms with van der Waals surface area (Å²) in [6, 6.07) is 12.2. The van der Waals surface area contributed by atoms with Crippen LogP contribution in [0.4, 0.5) is 5.82 Å². The molecular formula is C26H26N6O2S. The van der Waals surface area contributed by atoms with Gasteiger partial charge in [0, 0.05) is 43.4 Å². The molecule has 0 aromatic carbocycles. The van der Waals surface area contributed by atoms with Crippen LogP contribution in [-0.4, -0.2) is 48.4 Å². The highest BCUT2D eigenvalue weighted by Gasteiger charge is 2.26. The third kappa shape index (κ3) is 5.71. The van der Waals surface area contributed by atoms with Gasteiger partial charge >= 0.3 is 0 Å². The third-order valence-electron chi connectivity index (χ3n) is 5.67. The van der Waals surface area contributed by atoms with E-state index >= 15 is 0 Å². The van der Waals surface area contributed by atoms with Crippen LogP contribution in [0.3, 0.4) is 0 Å². The van der Waals surface area contributed by atoms with Crippen LogP contribution in [0.1, 0.15) is 35.2 Å². The minimum absolute atomic E-state index is 0.357. The molecule has 35 heavy (non-hydrogen) atoms. The standard InChI is InChI=1S/C26H26N6O2S/c1-18-5-6-19(15-29-18)17-35-26-22(14-28)24(21(13-27)25(31-26)32-9-3-4-10-32)23-8-7-20(16-30-23)34-12-11-33-2/h5-8,15-16H,3-4,9-12,17H2,1-2H3. The van der Waals surface area contributed by atoms with E-state index in [2.05, 4.69) is 27.0 Å². The zero-order valence-corrected chi connectivity index (χ0v) is 20.6. The van der Waals surface area contributed by atoms with Crippen molar-refractivity contribution in [2.75, 3.05) is 38.3 Å². The maximum atomic E-state index is 10.2. The van der Waals surface area contributed by atoms with Gasteiger partial charge in [0.1, 0.15) is 40.9 Å². The molecule has 0 radical (unpaired) electrons. The van der Waals surface area contributed by atoms with Gasteiger partial charge in [0.05, 0.1) is 24.1 Å². The molecule has 1 saturated heterocycles. The van der Waals surface area contributed by atoms with Gasteiger partial charge in [-0.15, -0.1) is 11.8 Å². The number of pyridine rings is 3. The number of nitrogens with zero attached hydrogens (tertiary/aromatic N) is 6. The summed E-state index contributed by atoms with van der Waals surface area (Å²) in [5.74, 6) is 1.82. The van der Waals surface area contributed by atoms with Crippen LogP contribution in [0.2, 0.25) is 0 Å². The Morgan fingerprint density at radius 3 is 2.43 bits per heavy atom. The number of hydrogen-bond donors (Lipinski definition) is 0. The molecule has 0 saturated carbocycles. The van der Waals surface area contributed by atoms with Crippen molar-refractivity contribution in [3.05, 3.63) is 59.0 Å². The molecule has 8 nitrogen and oxygen atoms in total. The fourth-order valence-corrected chi connectivity index (χ4v) is 4.79. The Hall–Kier alpha value is -3.66. The summed E-state index contributed by atoms with van der Waals surface area (Å²) in [6.07, 6.45) is 5.54. The smallest absolute Gasteiger partial charge is 0.148 e. The van der Waals surface area contributed by atoms with Crippen LogP contribution in [0.5, 0.6) is 5.75 Å². The number of nitriles is 2. The average Bonchev–Trinajstić information content (AvgIpc) is 3.43. The van der Waals surface area contributed by atoms with Crippen LogP contribution < -0.4 is 9.64 Å². The first kappa shape index (κ1) is 24.5. The molecule has 4 rings (SSSR count). The molecule has 0 amide bonds. The Labute approximate surface area is 209 Å². The minimum Gasteiger partial charge on any atom is -0.490 e. The van der Waals surface area contributed by atoms with E-state index in [1.165, 1.54) is 11.8 Å². The highest BCUT2D eigenvalue weighted by atomic mass is 32.2. The van der Waals surface area contributed by atoms with Crippen molar-refractivity contribution in [3.63, 3.8) is 0 Å². The molecule has 178 valence electrons. The summed E-state index contributed by atoms with van der Waals surface area (Å²) < 4.78 is 10.6. The van der Waals surface area contributed by atoms with E-state index in [1.54, 1.807) is 25.4 Å². The van der Waals surface area contributed by atoms with Crippen molar-refractivity contribution in [3.8, 4) is 29.1 Å². The number of aryl methyl sites for hydroxylation is 1. The number of aromatic nitrogens is 3. The molecule has 0 unspecified atom stereocenters. The Balaban J connectivity index is 1.76. The van der Waals surface area contributed by atoms with Gasteiger partial charge in [0.25, 0.3) is 0 Å². The molecule has 1 aliphatic rings. The Bertz CT molecular complexity index is 1240. The van der Waals surface area contributed by atoms with E-state index in [0.717, 1.165) is 37.2 Å². The first-order valence-electron chi connectivity index (χ1n) is 11.4. The van der Waals surface area contributed by atoms with Gasteiger partial charge in [0.15, 0.2) is 0 Å². The van der Waals surface area contributed by atoms with Crippen molar-refractivity contribution in [2.45, 2.75) is 30.5 Å². The maximum Gasteiger partial charge on any atom is 0.148 e. The van der Waals surface area contributed by atoms with Crippen LogP contribution in [0.25, 0.3) is 11.3 Å². The number of anilines is 1. The first-order valence-corrected chi connectivity index (χ1v) is 12.4. The largest absolute Gasteiger partial charge is 0.490 e. The monoisotopic (exact) mass is 486 g/mol. The number of methoxy groups -OCH3 is 1. The molecule has 3 aromatic rings.